The van der Waals surface area contributed by atoms with Crippen LogP contribution in [0.1, 0.15) is 50.7 Å². The Morgan fingerprint density at radius 2 is 1.53 bits per heavy atom. The Balaban J connectivity index is 3.51. The fraction of sp³-hybridized carbons (Fsp3) is 0.500. The summed E-state index contributed by atoms with van der Waals surface area (Å²) in [6, 6.07) is 1.75. The minimum atomic E-state index is -0.205. The van der Waals surface area contributed by atoms with Crippen molar-refractivity contribution in [2.24, 2.45) is 0 Å². The number of phenols is 2. The molecule has 0 bridgehead atoms. The van der Waals surface area contributed by atoms with Gasteiger partial charge in [-0.3, -0.25) is 0 Å². The van der Waals surface area contributed by atoms with Crippen molar-refractivity contribution in [3.63, 3.8) is 0 Å². The Kier molecular flexibility index (Phi) is 3.12. The molecule has 0 amide bonds. The fourth-order valence-corrected chi connectivity index (χ4v) is 1.80. The largest absolute Gasteiger partial charge is 0.504 e. The smallest absolute Gasteiger partial charge is 0.181 e. The van der Waals surface area contributed by atoms with Gasteiger partial charge in [0.05, 0.1) is 5.69 Å². The average molecular weight is 209 g/mol. The first-order valence-electron chi connectivity index (χ1n) is 5.20. The molecular weight excluding hydrogens is 190 g/mol. The second-order valence-electron chi connectivity index (χ2n) is 4.48. The van der Waals surface area contributed by atoms with E-state index in [1.54, 1.807) is 6.07 Å². The molecule has 0 heterocycles. The Labute approximate surface area is 90.5 Å². The molecule has 1 aromatic carbocycles. The van der Waals surface area contributed by atoms with Crippen molar-refractivity contribution in [3.05, 3.63) is 17.2 Å². The number of hydrogen-bond acceptors (Lipinski definition) is 3. The SMILES string of the molecule is CC(C)c1cc(N)c(O)c(O)c1C(C)C. The van der Waals surface area contributed by atoms with Gasteiger partial charge in [-0.15, -0.1) is 0 Å². The predicted molar refractivity (Wildman–Crippen MR) is 62.4 cm³/mol. The molecule has 0 aromatic heterocycles. The minimum absolute atomic E-state index is 0.0753. The number of phenolic OH excluding ortho intramolecular Hbond substituents is 2. The van der Waals surface area contributed by atoms with Crippen molar-refractivity contribution in [2.45, 2.75) is 39.5 Å². The van der Waals surface area contributed by atoms with Crippen LogP contribution in [0.2, 0.25) is 0 Å². The van der Waals surface area contributed by atoms with Crippen molar-refractivity contribution >= 4 is 5.69 Å². The van der Waals surface area contributed by atoms with Crippen LogP contribution in [0.5, 0.6) is 11.5 Å². The summed E-state index contributed by atoms with van der Waals surface area (Å²) in [5, 5.41) is 19.4. The van der Waals surface area contributed by atoms with Crippen molar-refractivity contribution in [1.82, 2.24) is 0 Å². The molecule has 0 aliphatic carbocycles. The number of aromatic hydroxyl groups is 2. The highest BCUT2D eigenvalue weighted by Gasteiger charge is 2.19. The van der Waals surface area contributed by atoms with Gasteiger partial charge in [0.2, 0.25) is 0 Å². The lowest BCUT2D eigenvalue weighted by molar-refractivity contribution is 0.398. The summed E-state index contributed by atoms with van der Waals surface area (Å²) in [4.78, 5) is 0. The highest BCUT2D eigenvalue weighted by Crippen LogP contribution is 2.42. The molecule has 0 saturated heterocycles. The zero-order valence-corrected chi connectivity index (χ0v) is 9.70. The number of hydrogen-bond donors (Lipinski definition) is 3. The first-order valence-corrected chi connectivity index (χ1v) is 5.20. The molecule has 4 N–H and O–H groups in total. The molecule has 0 unspecified atom stereocenters. The molecular formula is C12H19NO2. The zero-order chi connectivity index (χ0) is 11.7. The van der Waals surface area contributed by atoms with Gasteiger partial charge in [-0.1, -0.05) is 27.7 Å². The van der Waals surface area contributed by atoms with Gasteiger partial charge in [0.25, 0.3) is 0 Å². The van der Waals surface area contributed by atoms with E-state index in [-0.39, 0.29) is 29.0 Å². The molecule has 84 valence electrons. The maximum absolute atomic E-state index is 9.85. The highest BCUT2D eigenvalue weighted by atomic mass is 16.3. The van der Waals surface area contributed by atoms with E-state index in [9.17, 15) is 10.2 Å². The molecule has 0 spiro atoms. The third-order valence-corrected chi connectivity index (χ3v) is 2.57. The number of nitrogens with two attached hydrogens (primary N) is 1. The number of anilines is 1. The van der Waals surface area contributed by atoms with E-state index in [1.165, 1.54) is 0 Å². The van der Waals surface area contributed by atoms with E-state index in [2.05, 4.69) is 0 Å². The van der Waals surface area contributed by atoms with Crippen molar-refractivity contribution in [2.75, 3.05) is 5.73 Å². The van der Waals surface area contributed by atoms with E-state index >= 15 is 0 Å². The van der Waals surface area contributed by atoms with E-state index in [4.69, 9.17) is 5.73 Å². The number of benzene rings is 1. The Hall–Kier alpha value is -1.38. The summed E-state index contributed by atoms with van der Waals surface area (Å²) >= 11 is 0. The molecule has 1 aromatic rings. The molecule has 0 saturated carbocycles. The fourth-order valence-electron chi connectivity index (χ4n) is 1.80. The third kappa shape index (κ3) is 2.01. The van der Waals surface area contributed by atoms with Crippen LogP contribution in [0.4, 0.5) is 5.69 Å². The number of rotatable bonds is 2. The van der Waals surface area contributed by atoms with Gasteiger partial charge in [-0.05, 0) is 23.5 Å². The lowest BCUT2D eigenvalue weighted by Gasteiger charge is -2.19. The second kappa shape index (κ2) is 4.01. The molecule has 0 fully saturated rings. The van der Waals surface area contributed by atoms with Gasteiger partial charge >= 0.3 is 0 Å². The van der Waals surface area contributed by atoms with E-state index in [0.717, 1.165) is 11.1 Å². The van der Waals surface area contributed by atoms with Crippen LogP contribution in [-0.4, -0.2) is 10.2 Å². The van der Waals surface area contributed by atoms with Crippen molar-refractivity contribution in [1.29, 1.82) is 0 Å². The quantitative estimate of drug-likeness (QED) is 0.518. The standard InChI is InChI=1S/C12H19NO2/c1-6(2)8-5-9(13)11(14)12(15)10(8)7(3)4/h5-7,14-15H,13H2,1-4H3. The van der Waals surface area contributed by atoms with Crippen molar-refractivity contribution < 1.29 is 10.2 Å². The molecule has 0 atom stereocenters. The molecule has 15 heavy (non-hydrogen) atoms. The monoisotopic (exact) mass is 209 g/mol. The minimum Gasteiger partial charge on any atom is -0.504 e. The molecule has 0 radical (unpaired) electrons. The Morgan fingerprint density at radius 3 is 1.93 bits per heavy atom. The molecule has 0 aliphatic rings. The van der Waals surface area contributed by atoms with Crippen LogP contribution in [0.3, 0.4) is 0 Å². The van der Waals surface area contributed by atoms with E-state index in [1.807, 2.05) is 27.7 Å². The lowest BCUT2D eigenvalue weighted by Crippen LogP contribution is -2.01. The summed E-state index contributed by atoms with van der Waals surface area (Å²) in [6.45, 7) is 8.04. The van der Waals surface area contributed by atoms with Gasteiger partial charge in [0, 0.05) is 5.56 Å². The summed E-state index contributed by atoms with van der Waals surface area (Å²) < 4.78 is 0. The summed E-state index contributed by atoms with van der Waals surface area (Å²) in [5.74, 6) is 0.155. The highest BCUT2D eigenvalue weighted by molar-refractivity contribution is 5.65. The molecule has 0 aliphatic heterocycles. The summed E-state index contributed by atoms with van der Waals surface area (Å²) in [5.41, 5.74) is 7.64. The third-order valence-electron chi connectivity index (χ3n) is 2.57. The van der Waals surface area contributed by atoms with Gasteiger partial charge < -0.3 is 15.9 Å². The average Bonchev–Trinajstić information content (AvgIpc) is 2.12. The first-order chi connectivity index (χ1) is 6.86. The summed E-state index contributed by atoms with van der Waals surface area (Å²) in [7, 11) is 0. The Morgan fingerprint density at radius 1 is 1.00 bits per heavy atom. The second-order valence-corrected chi connectivity index (χ2v) is 4.48. The van der Waals surface area contributed by atoms with Crippen LogP contribution in [0, 0.1) is 0 Å². The van der Waals surface area contributed by atoms with Crippen molar-refractivity contribution in [3.8, 4) is 11.5 Å². The zero-order valence-electron chi connectivity index (χ0n) is 9.70. The topological polar surface area (TPSA) is 66.5 Å². The molecule has 1 rings (SSSR count). The molecule has 3 nitrogen and oxygen atoms in total. The van der Waals surface area contributed by atoms with Crippen LogP contribution < -0.4 is 5.73 Å². The maximum Gasteiger partial charge on any atom is 0.181 e. The van der Waals surface area contributed by atoms with Crippen LogP contribution in [-0.2, 0) is 0 Å². The van der Waals surface area contributed by atoms with Gasteiger partial charge in [-0.2, -0.15) is 0 Å². The van der Waals surface area contributed by atoms with Crippen LogP contribution >= 0.6 is 0 Å². The van der Waals surface area contributed by atoms with Gasteiger partial charge in [0.15, 0.2) is 11.5 Å². The van der Waals surface area contributed by atoms with Gasteiger partial charge in [-0.25, -0.2) is 0 Å². The van der Waals surface area contributed by atoms with Gasteiger partial charge in [0.1, 0.15) is 0 Å². The first kappa shape index (κ1) is 11.7. The van der Waals surface area contributed by atoms with E-state index < -0.39 is 0 Å². The maximum atomic E-state index is 9.85. The normalized spacial score (nSPS) is 11.3. The van der Waals surface area contributed by atoms with Crippen LogP contribution in [0.15, 0.2) is 6.07 Å². The lowest BCUT2D eigenvalue weighted by atomic mass is 9.89. The summed E-state index contributed by atoms with van der Waals surface area (Å²) in [6.07, 6.45) is 0. The predicted octanol–water partition coefficient (Wildman–Crippen LogP) is 2.93. The van der Waals surface area contributed by atoms with Crippen LogP contribution in [0.25, 0.3) is 0 Å². The molecule has 3 heteroatoms. The Bertz CT molecular complexity index is 370. The number of nitrogen functional groups attached to an aromatic ring is 1. The van der Waals surface area contributed by atoms with E-state index in [0.29, 0.717) is 0 Å².